The number of para-hydroxylation sites is 2. The Labute approximate surface area is 118 Å². The number of nitrogens with one attached hydrogen (secondary N) is 2. The Bertz CT molecular complexity index is 798. The van der Waals surface area contributed by atoms with Crippen LogP contribution in [0.25, 0.3) is 10.9 Å². The topological polar surface area (TPSA) is 27.8 Å². The second kappa shape index (κ2) is 4.14. The standard InChI is InChI=1S/C18H18N2/c1-11-6-5-7-13-10-16(20-18(11)13)17-12(2)19-15-9-4-3-8-14(15)17/h3-9,16,19-20H,10H2,1-2H3/t16-/m0/s1. The van der Waals surface area contributed by atoms with Crippen LogP contribution in [0, 0.1) is 13.8 Å². The Hall–Kier alpha value is -2.22. The van der Waals surface area contributed by atoms with Crippen molar-refractivity contribution in [2.75, 3.05) is 5.32 Å². The summed E-state index contributed by atoms with van der Waals surface area (Å²) in [6.45, 7) is 4.35. The molecule has 0 aliphatic carbocycles. The number of aromatic amines is 1. The van der Waals surface area contributed by atoms with Gasteiger partial charge in [0, 0.05) is 27.8 Å². The molecule has 1 atom stereocenters. The second-order valence-corrected chi connectivity index (χ2v) is 5.72. The number of hydrogen-bond acceptors (Lipinski definition) is 1. The lowest BCUT2D eigenvalue weighted by Crippen LogP contribution is -2.07. The minimum atomic E-state index is 0.377. The van der Waals surface area contributed by atoms with E-state index in [1.54, 1.807) is 0 Å². The first-order valence-corrected chi connectivity index (χ1v) is 7.16. The van der Waals surface area contributed by atoms with Crippen molar-refractivity contribution < 1.29 is 0 Å². The van der Waals surface area contributed by atoms with Crippen molar-refractivity contribution in [2.24, 2.45) is 0 Å². The van der Waals surface area contributed by atoms with Crippen LogP contribution in [0.4, 0.5) is 5.69 Å². The van der Waals surface area contributed by atoms with Crippen LogP contribution >= 0.6 is 0 Å². The number of rotatable bonds is 1. The molecule has 2 nitrogen and oxygen atoms in total. The van der Waals surface area contributed by atoms with Gasteiger partial charge in [0.05, 0.1) is 6.04 Å². The van der Waals surface area contributed by atoms with E-state index in [1.165, 1.54) is 39.0 Å². The van der Waals surface area contributed by atoms with Crippen molar-refractivity contribution >= 4 is 16.6 Å². The van der Waals surface area contributed by atoms with Crippen LogP contribution in [-0.2, 0) is 6.42 Å². The van der Waals surface area contributed by atoms with Crippen LogP contribution in [0.5, 0.6) is 0 Å². The highest BCUT2D eigenvalue weighted by Gasteiger charge is 2.26. The van der Waals surface area contributed by atoms with Crippen molar-refractivity contribution in [3.63, 3.8) is 0 Å². The largest absolute Gasteiger partial charge is 0.377 e. The highest BCUT2D eigenvalue weighted by atomic mass is 15.0. The fourth-order valence-corrected chi connectivity index (χ4v) is 3.47. The highest BCUT2D eigenvalue weighted by molar-refractivity contribution is 5.86. The molecule has 2 heteroatoms. The Morgan fingerprint density at radius 3 is 2.70 bits per heavy atom. The van der Waals surface area contributed by atoms with E-state index in [1.807, 2.05) is 0 Å². The fourth-order valence-electron chi connectivity index (χ4n) is 3.47. The summed E-state index contributed by atoms with van der Waals surface area (Å²) in [7, 11) is 0. The molecule has 0 saturated carbocycles. The molecule has 0 bridgehead atoms. The van der Waals surface area contributed by atoms with Crippen LogP contribution in [-0.4, -0.2) is 4.98 Å². The molecule has 3 aromatic rings. The van der Waals surface area contributed by atoms with Gasteiger partial charge in [0.25, 0.3) is 0 Å². The Balaban J connectivity index is 1.83. The summed E-state index contributed by atoms with van der Waals surface area (Å²) in [5, 5.41) is 5.06. The first-order valence-electron chi connectivity index (χ1n) is 7.16. The quantitative estimate of drug-likeness (QED) is 0.664. The van der Waals surface area contributed by atoms with E-state index >= 15 is 0 Å². The van der Waals surface area contributed by atoms with E-state index in [0.29, 0.717) is 6.04 Å². The third kappa shape index (κ3) is 1.58. The molecule has 0 spiro atoms. The third-order valence-electron chi connectivity index (χ3n) is 4.39. The van der Waals surface area contributed by atoms with Gasteiger partial charge in [-0.1, -0.05) is 36.4 Å². The summed E-state index contributed by atoms with van der Waals surface area (Å²) in [6.07, 6.45) is 1.07. The van der Waals surface area contributed by atoms with Crippen molar-refractivity contribution in [3.05, 3.63) is 64.8 Å². The van der Waals surface area contributed by atoms with E-state index < -0.39 is 0 Å². The summed E-state index contributed by atoms with van der Waals surface area (Å²) >= 11 is 0. The van der Waals surface area contributed by atoms with Crippen LogP contribution in [0.2, 0.25) is 0 Å². The van der Waals surface area contributed by atoms with Gasteiger partial charge in [-0.2, -0.15) is 0 Å². The fraction of sp³-hybridized carbons (Fsp3) is 0.222. The highest BCUT2D eigenvalue weighted by Crippen LogP contribution is 2.39. The van der Waals surface area contributed by atoms with Crippen LogP contribution in [0.15, 0.2) is 42.5 Å². The summed E-state index contributed by atoms with van der Waals surface area (Å²) in [4.78, 5) is 3.51. The summed E-state index contributed by atoms with van der Waals surface area (Å²) < 4.78 is 0. The molecule has 2 aromatic carbocycles. The average Bonchev–Trinajstić information content (AvgIpc) is 2.99. The van der Waals surface area contributed by atoms with Crippen LogP contribution in [0.1, 0.15) is 28.4 Å². The van der Waals surface area contributed by atoms with Gasteiger partial charge in [-0.3, -0.25) is 0 Å². The SMILES string of the molecule is Cc1cccc2c1N[C@H](c1c(C)[nH]c3ccccc13)C2. The van der Waals surface area contributed by atoms with Gasteiger partial charge in [-0.05, 0) is 37.5 Å². The zero-order valence-corrected chi connectivity index (χ0v) is 11.8. The van der Waals surface area contributed by atoms with Crippen molar-refractivity contribution in [1.29, 1.82) is 0 Å². The van der Waals surface area contributed by atoms with Gasteiger partial charge >= 0.3 is 0 Å². The monoisotopic (exact) mass is 262 g/mol. The average molecular weight is 262 g/mol. The smallest absolute Gasteiger partial charge is 0.0578 e. The first-order chi connectivity index (χ1) is 9.74. The molecule has 1 aliphatic rings. The zero-order valence-electron chi connectivity index (χ0n) is 11.8. The molecule has 0 radical (unpaired) electrons. The maximum absolute atomic E-state index is 3.72. The molecule has 0 unspecified atom stereocenters. The number of benzene rings is 2. The minimum Gasteiger partial charge on any atom is -0.377 e. The number of anilines is 1. The molecule has 0 fully saturated rings. The maximum atomic E-state index is 3.72. The van der Waals surface area contributed by atoms with Gasteiger partial charge < -0.3 is 10.3 Å². The molecule has 4 rings (SSSR count). The molecule has 1 aliphatic heterocycles. The predicted octanol–water partition coefficient (Wildman–Crippen LogP) is 4.49. The predicted molar refractivity (Wildman–Crippen MR) is 84.3 cm³/mol. The molecule has 2 heterocycles. The minimum absolute atomic E-state index is 0.377. The molecule has 0 saturated heterocycles. The number of H-pyrrole nitrogens is 1. The molecule has 2 N–H and O–H groups in total. The Morgan fingerprint density at radius 2 is 1.85 bits per heavy atom. The number of aryl methyl sites for hydroxylation is 2. The Morgan fingerprint density at radius 1 is 1.00 bits per heavy atom. The zero-order chi connectivity index (χ0) is 13.7. The summed E-state index contributed by atoms with van der Waals surface area (Å²) in [5.41, 5.74) is 8.00. The lowest BCUT2D eigenvalue weighted by Gasteiger charge is -2.13. The normalized spacial score (nSPS) is 17.2. The summed E-state index contributed by atoms with van der Waals surface area (Å²) in [6, 6.07) is 15.5. The van der Waals surface area contributed by atoms with E-state index in [4.69, 9.17) is 0 Å². The molecule has 1 aromatic heterocycles. The molecular weight excluding hydrogens is 244 g/mol. The van der Waals surface area contributed by atoms with E-state index in [0.717, 1.165) is 6.42 Å². The molecule has 20 heavy (non-hydrogen) atoms. The molecule has 0 amide bonds. The van der Waals surface area contributed by atoms with E-state index in [-0.39, 0.29) is 0 Å². The lowest BCUT2D eigenvalue weighted by atomic mass is 9.99. The van der Waals surface area contributed by atoms with Crippen molar-refractivity contribution in [3.8, 4) is 0 Å². The van der Waals surface area contributed by atoms with Gasteiger partial charge in [-0.15, -0.1) is 0 Å². The second-order valence-electron chi connectivity index (χ2n) is 5.72. The first kappa shape index (κ1) is 11.6. The van der Waals surface area contributed by atoms with E-state index in [2.05, 4.69) is 66.6 Å². The summed E-state index contributed by atoms with van der Waals surface area (Å²) in [5.74, 6) is 0. The number of hydrogen-bond donors (Lipinski definition) is 2. The Kier molecular flexibility index (Phi) is 2.40. The van der Waals surface area contributed by atoms with Gasteiger partial charge in [0.2, 0.25) is 0 Å². The van der Waals surface area contributed by atoms with Gasteiger partial charge in [0.1, 0.15) is 0 Å². The van der Waals surface area contributed by atoms with Crippen molar-refractivity contribution in [2.45, 2.75) is 26.3 Å². The van der Waals surface area contributed by atoms with Crippen LogP contribution in [0.3, 0.4) is 0 Å². The molecular formula is C18H18N2. The number of fused-ring (bicyclic) bond motifs is 2. The maximum Gasteiger partial charge on any atom is 0.0578 e. The van der Waals surface area contributed by atoms with Crippen LogP contribution < -0.4 is 5.32 Å². The van der Waals surface area contributed by atoms with Gasteiger partial charge in [0.15, 0.2) is 0 Å². The third-order valence-corrected chi connectivity index (χ3v) is 4.39. The van der Waals surface area contributed by atoms with Crippen molar-refractivity contribution in [1.82, 2.24) is 4.98 Å². The van der Waals surface area contributed by atoms with E-state index in [9.17, 15) is 0 Å². The number of aromatic nitrogens is 1. The molecule has 100 valence electrons. The van der Waals surface area contributed by atoms with Gasteiger partial charge in [-0.25, -0.2) is 0 Å². The lowest BCUT2D eigenvalue weighted by molar-refractivity contribution is 0.822.